The second-order valence-corrected chi connectivity index (χ2v) is 7.84. The third-order valence-corrected chi connectivity index (χ3v) is 5.81. The molecule has 4 nitrogen and oxygen atoms in total. The number of anilines is 1. The molecule has 0 spiro atoms. The highest BCUT2D eigenvalue weighted by Crippen LogP contribution is 2.42. The van der Waals surface area contributed by atoms with Crippen molar-refractivity contribution < 1.29 is 9.53 Å². The topological polar surface area (TPSA) is 62.1 Å². The number of carbonyl (C=O) groups excluding carboxylic acids is 1. The zero-order chi connectivity index (χ0) is 20.1. The molecule has 0 heterocycles. The number of nitrogens with one attached hydrogen (secondary N) is 1. The van der Waals surface area contributed by atoms with Gasteiger partial charge in [-0.3, -0.25) is 4.79 Å². The van der Waals surface area contributed by atoms with E-state index in [-0.39, 0.29) is 12.0 Å². The summed E-state index contributed by atoms with van der Waals surface area (Å²) in [5.41, 5.74) is 1.31. The summed E-state index contributed by atoms with van der Waals surface area (Å²) < 4.78 is 5.79. The van der Waals surface area contributed by atoms with E-state index in [0.717, 1.165) is 37.7 Å². The average Bonchev–Trinajstić information content (AvgIpc) is 3.20. The molecule has 1 aliphatic rings. The molecule has 28 heavy (non-hydrogen) atoms. The van der Waals surface area contributed by atoms with Crippen molar-refractivity contribution >= 4 is 23.2 Å². The maximum Gasteiger partial charge on any atom is 0.235 e. The smallest absolute Gasteiger partial charge is 0.235 e. The number of carbonyl (C=O) groups is 1. The molecule has 1 saturated carbocycles. The van der Waals surface area contributed by atoms with Crippen LogP contribution >= 0.6 is 11.6 Å². The molecule has 0 aromatic heterocycles. The molecule has 2 aromatic rings. The van der Waals surface area contributed by atoms with E-state index in [0.29, 0.717) is 22.0 Å². The van der Waals surface area contributed by atoms with Crippen LogP contribution in [0.2, 0.25) is 5.02 Å². The Morgan fingerprint density at radius 1 is 1.25 bits per heavy atom. The van der Waals surface area contributed by atoms with Gasteiger partial charge in [-0.25, -0.2) is 0 Å². The van der Waals surface area contributed by atoms with E-state index in [1.165, 1.54) is 0 Å². The lowest BCUT2D eigenvalue weighted by Gasteiger charge is -2.28. The second-order valence-electron chi connectivity index (χ2n) is 7.41. The first kappa shape index (κ1) is 20.2. The van der Waals surface area contributed by atoms with Gasteiger partial charge in [-0.15, -0.1) is 0 Å². The van der Waals surface area contributed by atoms with E-state index >= 15 is 0 Å². The summed E-state index contributed by atoms with van der Waals surface area (Å²) in [6, 6.07) is 14.9. The first-order valence-corrected chi connectivity index (χ1v) is 10.1. The van der Waals surface area contributed by atoms with Gasteiger partial charge in [0.25, 0.3) is 0 Å². The number of nitriles is 1. The van der Waals surface area contributed by atoms with E-state index in [4.69, 9.17) is 16.3 Å². The summed E-state index contributed by atoms with van der Waals surface area (Å²) in [6.07, 6.45) is 4.53. The summed E-state index contributed by atoms with van der Waals surface area (Å²) in [4.78, 5) is 13.3. The molecule has 1 aliphatic carbocycles. The van der Waals surface area contributed by atoms with Crippen molar-refractivity contribution in [2.45, 2.75) is 57.5 Å². The van der Waals surface area contributed by atoms with Gasteiger partial charge in [-0.2, -0.15) is 5.26 Å². The van der Waals surface area contributed by atoms with Crippen LogP contribution < -0.4 is 10.1 Å². The first-order chi connectivity index (χ1) is 13.5. The predicted molar refractivity (Wildman–Crippen MR) is 112 cm³/mol. The van der Waals surface area contributed by atoms with Gasteiger partial charge in [0.2, 0.25) is 5.91 Å². The van der Waals surface area contributed by atoms with Gasteiger partial charge >= 0.3 is 0 Å². The van der Waals surface area contributed by atoms with Crippen molar-refractivity contribution in [1.82, 2.24) is 0 Å². The van der Waals surface area contributed by atoms with Crippen LogP contribution in [-0.4, -0.2) is 12.0 Å². The molecule has 1 unspecified atom stereocenters. The van der Waals surface area contributed by atoms with Gasteiger partial charge in [0.1, 0.15) is 11.8 Å². The maximum absolute atomic E-state index is 13.3. The molecule has 0 radical (unpaired) electrons. The van der Waals surface area contributed by atoms with Gasteiger partial charge < -0.3 is 10.1 Å². The van der Waals surface area contributed by atoms with Gasteiger partial charge in [-0.1, -0.05) is 43.5 Å². The molecule has 0 saturated heterocycles. The number of hydrogen-bond acceptors (Lipinski definition) is 3. The predicted octanol–water partition coefficient (Wildman–Crippen LogP) is 5.84. The van der Waals surface area contributed by atoms with Crippen LogP contribution in [0.25, 0.3) is 0 Å². The van der Waals surface area contributed by atoms with E-state index in [1.54, 1.807) is 18.2 Å². The number of amides is 1. The fourth-order valence-corrected chi connectivity index (χ4v) is 3.88. The Kier molecular flexibility index (Phi) is 6.26. The molecule has 146 valence electrons. The van der Waals surface area contributed by atoms with Crippen molar-refractivity contribution in [3.63, 3.8) is 0 Å². The molecule has 2 aromatic carbocycles. The van der Waals surface area contributed by atoms with E-state index < -0.39 is 5.41 Å². The van der Waals surface area contributed by atoms with E-state index in [9.17, 15) is 10.1 Å². The summed E-state index contributed by atoms with van der Waals surface area (Å²) in [6.45, 7) is 4.03. The summed E-state index contributed by atoms with van der Waals surface area (Å²) >= 11 is 6.03. The SMILES string of the molecule is CCC(C)Oc1ccc(NC(=O)C2(c3ccc(Cl)cc3)CCCC2)c(C#N)c1. The molecule has 0 aliphatic heterocycles. The standard InChI is InChI=1S/C23H25ClN2O2/c1-3-16(2)28-20-10-11-21(17(14-20)15-25)26-22(27)23(12-4-5-13-23)18-6-8-19(24)9-7-18/h6-11,14,16H,3-5,12-13H2,1-2H3,(H,26,27). The number of rotatable bonds is 6. The zero-order valence-corrected chi connectivity index (χ0v) is 17.1. The Labute approximate surface area is 171 Å². The van der Waals surface area contributed by atoms with E-state index in [2.05, 4.69) is 11.4 Å². The van der Waals surface area contributed by atoms with Crippen molar-refractivity contribution in [2.75, 3.05) is 5.32 Å². The lowest BCUT2D eigenvalue weighted by molar-refractivity contribution is -0.121. The summed E-state index contributed by atoms with van der Waals surface area (Å²) in [5, 5.41) is 13.2. The van der Waals surface area contributed by atoms with Crippen LogP contribution in [0.3, 0.4) is 0 Å². The monoisotopic (exact) mass is 396 g/mol. The normalized spacial score (nSPS) is 16.2. The number of hydrogen-bond donors (Lipinski definition) is 1. The summed E-state index contributed by atoms with van der Waals surface area (Å²) in [5.74, 6) is 0.566. The Balaban J connectivity index is 1.86. The first-order valence-electron chi connectivity index (χ1n) is 9.77. The lowest BCUT2D eigenvalue weighted by atomic mass is 9.78. The number of halogens is 1. The number of ether oxygens (including phenoxy) is 1. The quantitative estimate of drug-likeness (QED) is 0.667. The maximum atomic E-state index is 13.3. The third kappa shape index (κ3) is 4.15. The van der Waals surface area contributed by atoms with E-state index in [1.807, 2.05) is 38.1 Å². The van der Waals surface area contributed by atoms with Gasteiger partial charge in [0.05, 0.1) is 22.8 Å². The minimum atomic E-state index is -0.580. The molecule has 0 bridgehead atoms. The van der Waals surface area contributed by atoms with Crippen LogP contribution in [0, 0.1) is 11.3 Å². The van der Waals surface area contributed by atoms with Crippen LogP contribution in [0.1, 0.15) is 57.1 Å². The zero-order valence-electron chi connectivity index (χ0n) is 16.3. The highest BCUT2D eigenvalue weighted by Gasteiger charge is 2.42. The van der Waals surface area contributed by atoms with Gasteiger partial charge in [0.15, 0.2) is 0 Å². The van der Waals surface area contributed by atoms with Crippen molar-refractivity contribution in [3.8, 4) is 11.8 Å². The number of nitrogens with zero attached hydrogens (tertiary/aromatic N) is 1. The second kappa shape index (κ2) is 8.67. The highest BCUT2D eigenvalue weighted by atomic mass is 35.5. The Bertz CT molecular complexity index is 880. The highest BCUT2D eigenvalue weighted by molar-refractivity contribution is 6.30. The minimum absolute atomic E-state index is 0.0682. The Hall–Kier alpha value is -2.51. The molecule has 1 fully saturated rings. The molecule has 5 heteroatoms. The van der Waals surface area contributed by atoms with Gasteiger partial charge in [0, 0.05) is 11.1 Å². The average molecular weight is 397 g/mol. The molecule has 1 N–H and O–H groups in total. The fourth-order valence-electron chi connectivity index (χ4n) is 3.75. The molecular formula is C23H25ClN2O2. The fraction of sp³-hybridized carbons (Fsp3) is 0.391. The van der Waals surface area contributed by atoms with Crippen molar-refractivity contribution in [1.29, 1.82) is 5.26 Å². The Morgan fingerprint density at radius 2 is 1.93 bits per heavy atom. The van der Waals surface area contributed by atoms with Gasteiger partial charge in [-0.05, 0) is 56.0 Å². The van der Waals surface area contributed by atoms with Crippen LogP contribution in [0.4, 0.5) is 5.69 Å². The van der Waals surface area contributed by atoms with Crippen LogP contribution in [-0.2, 0) is 10.2 Å². The Morgan fingerprint density at radius 3 is 2.54 bits per heavy atom. The number of benzene rings is 2. The summed E-state index contributed by atoms with van der Waals surface area (Å²) in [7, 11) is 0. The molecule has 1 amide bonds. The lowest BCUT2D eigenvalue weighted by Crippen LogP contribution is -2.38. The van der Waals surface area contributed by atoms with Crippen molar-refractivity contribution in [3.05, 3.63) is 58.6 Å². The molecular weight excluding hydrogens is 372 g/mol. The van der Waals surface area contributed by atoms with Crippen LogP contribution in [0.15, 0.2) is 42.5 Å². The minimum Gasteiger partial charge on any atom is -0.491 e. The molecule has 3 rings (SSSR count). The van der Waals surface area contributed by atoms with Crippen molar-refractivity contribution in [2.24, 2.45) is 0 Å². The third-order valence-electron chi connectivity index (χ3n) is 5.56. The molecule has 1 atom stereocenters. The largest absolute Gasteiger partial charge is 0.491 e. The van der Waals surface area contributed by atoms with Crippen LogP contribution in [0.5, 0.6) is 5.75 Å².